The number of carbonyl (C=O) groups is 2. The molecule has 1 aromatic heterocycles. The van der Waals surface area contributed by atoms with Gasteiger partial charge in [-0.15, -0.1) is 0 Å². The predicted octanol–water partition coefficient (Wildman–Crippen LogP) is 2.35. The molecule has 152 valence electrons. The van der Waals surface area contributed by atoms with E-state index in [9.17, 15) is 24.5 Å². The zero-order valence-corrected chi connectivity index (χ0v) is 15.9. The van der Waals surface area contributed by atoms with Crippen molar-refractivity contribution >= 4 is 28.9 Å². The van der Waals surface area contributed by atoms with Gasteiger partial charge < -0.3 is 10.6 Å². The van der Waals surface area contributed by atoms with Crippen molar-refractivity contribution in [2.24, 2.45) is 0 Å². The van der Waals surface area contributed by atoms with E-state index in [0.717, 1.165) is 16.3 Å². The van der Waals surface area contributed by atoms with Gasteiger partial charge in [0.2, 0.25) is 5.91 Å². The van der Waals surface area contributed by atoms with Gasteiger partial charge in [0.25, 0.3) is 17.2 Å². The molecule has 2 amide bonds. The van der Waals surface area contributed by atoms with Gasteiger partial charge in [-0.05, 0) is 37.3 Å². The minimum atomic E-state index is -0.574. The van der Waals surface area contributed by atoms with E-state index in [1.165, 1.54) is 30.3 Å². The first kappa shape index (κ1) is 20.4. The van der Waals surface area contributed by atoms with Gasteiger partial charge in [-0.25, -0.2) is 4.68 Å². The first-order valence-electron chi connectivity index (χ1n) is 8.82. The van der Waals surface area contributed by atoms with E-state index in [1.54, 1.807) is 12.1 Å². The number of non-ortho nitro benzene ring substituents is 1. The van der Waals surface area contributed by atoms with Crippen molar-refractivity contribution in [2.45, 2.75) is 13.5 Å². The molecule has 0 aliphatic heterocycles. The van der Waals surface area contributed by atoms with Gasteiger partial charge in [0.1, 0.15) is 12.2 Å². The third kappa shape index (κ3) is 5.13. The van der Waals surface area contributed by atoms with Gasteiger partial charge in [-0.2, -0.15) is 5.10 Å². The zero-order chi connectivity index (χ0) is 21.7. The molecule has 0 saturated heterocycles. The molecule has 1 heterocycles. The van der Waals surface area contributed by atoms with E-state index in [4.69, 9.17) is 0 Å². The number of aromatic nitrogens is 2. The Bertz CT molecular complexity index is 1150. The molecule has 2 aromatic carbocycles. The molecule has 0 saturated carbocycles. The standard InChI is InChI=1S/C20H17N5O5/c1-13-2-4-15(5-3-13)22-20(28)17-10-11-19(27)24(23-17)12-18(26)21-14-6-8-16(9-7-14)25(29)30/h2-11H,12H2,1H3,(H,21,26)(H,22,28). The van der Waals surface area contributed by atoms with Crippen molar-refractivity contribution in [2.75, 3.05) is 10.6 Å². The summed E-state index contributed by atoms with van der Waals surface area (Å²) in [5, 5.41) is 19.8. The van der Waals surface area contributed by atoms with Crippen LogP contribution in [0.5, 0.6) is 0 Å². The van der Waals surface area contributed by atoms with Crippen LogP contribution in [0.2, 0.25) is 0 Å². The molecule has 0 bridgehead atoms. The quantitative estimate of drug-likeness (QED) is 0.475. The number of carbonyl (C=O) groups excluding carboxylic acids is 2. The van der Waals surface area contributed by atoms with Crippen LogP contribution in [-0.2, 0) is 11.3 Å². The lowest BCUT2D eigenvalue weighted by molar-refractivity contribution is -0.384. The molecule has 0 unspecified atom stereocenters. The van der Waals surface area contributed by atoms with Crippen LogP contribution in [0, 0.1) is 17.0 Å². The number of amides is 2. The fourth-order valence-electron chi connectivity index (χ4n) is 2.52. The molecule has 0 fully saturated rings. The van der Waals surface area contributed by atoms with E-state index >= 15 is 0 Å². The van der Waals surface area contributed by atoms with E-state index < -0.39 is 28.8 Å². The summed E-state index contributed by atoms with van der Waals surface area (Å²) < 4.78 is 0.866. The summed E-state index contributed by atoms with van der Waals surface area (Å²) in [6.45, 7) is 1.49. The second kappa shape index (κ2) is 8.78. The highest BCUT2D eigenvalue weighted by Gasteiger charge is 2.13. The number of aryl methyl sites for hydroxylation is 1. The lowest BCUT2D eigenvalue weighted by Crippen LogP contribution is -2.31. The summed E-state index contributed by atoms with van der Waals surface area (Å²) in [6.07, 6.45) is 0. The average molecular weight is 407 g/mol. The Balaban J connectivity index is 1.69. The van der Waals surface area contributed by atoms with Crippen LogP contribution in [-0.4, -0.2) is 26.5 Å². The molecule has 10 heteroatoms. The van der Waals surface area contributed by atoms with Crippen molar-refractivity contribution in [1.82, 2.24) is 9.78 Å². The third-order valence-electron chi connectivity index (χ3n) is 4.06. The number of nitrogens with one attached hydrogen (secondary N) is 2. The van der Waals surface area contributed by atoms with Gasteiger partial charge in [0.15, 0.2) is 0 Å². The maximum Gasteiger partial charge on any atom is 0.276 e. The molecular weight excluding hydrogens is 390 g/mol. The highest BCUT2D eigenvalue weighted by Crippen LogP contribution is 2.15. The van der Waals surface area contributed by atoms with Crippen LogP contribution >= 0.6 is 0 Å². The molecule has 2 N–H and O–H groups in total. The molecule has 10 nitrogen and oxygen atoms in total. The Morgan fingerprint density at radius 3 is 2.20 bits per heavy atom. The molecule has 0 aliphatic carbocycles. The highest BCUT2D eigenvalue weighted by molar-refractivity contribution is 6.02. The summed E-state index contributed by atoms with van der Waals surface area (Å²) in [5.74, 6) is -1.10. The van der Waals surface area contributed by atoms with Crippen LogP contribution in [0.25, 0.3) is 0 Å². The Hall–Kier alpha value is -4.34. The fourth-order valence-corrected chi connectivity index (χ4v) is 2.52. The molecule has 0 spiro atoms. The van der Waals surface area contributed by atoms with Gasteiger partial charge in [-0.1, -0.05) is 17.7 Å². The maximum atomic E-state index is 12.4. The molecule has 0 aliphatic rings. The Labute approximate surface area is 170 Å². The lowest BCUT2D eigenvalue weighted by atomic mass is 10.2. The first-order chi connectivity index (χ1) is 14.3. The SMILES string of the molecule is Cc1ccc(NC(=O)c2ccc(=O)n(CC(=O)Nc3ccc([N+](=O)[O-])cc3)n2)cc1. The molecule has 0 atom stereocenters. The monoisotopic (exact) mass is 407 g/mol. The third-order valence-corrected chi connectivity index (χ3v) is 4.06. The van der Waals surface area contributed by atoms with Gasteiger partial charge in [0, 0.05) is 29.6 Å². The van der Waals surface area contributed by atoms with Crippen molar-refractivity contribution in [3.05, 3.63) is 92.4 Å². The summed E-state index contributed by atoms with van der Waals surface area (Å²) in [7, 11) is 0. The second-order valence-electron chi connectivity index (χ2n) is 6.39. The molecule has 0 radical (unpaired) electrons. The second-order valence-corrected chi connectivity index (χ2v) is 6.39. The van der Waals surface area contributed by atoms with Crippen LogP contribution in [0.4, 0.5) is 17.1 Å². The molecule has 3 aromatic rings. The van der Waals surface area contributed by atoms with E-state index in [2.05, 4.69) is 15.7 Å². The van der Waals surface area contributed by atoms with Crippen LogP contribution < -0.4 is 16.2 Å². The van der Waals surface area contributed by atoms with Gasteiger partial charge in [0.05, 0.1) is 4.92 Å². The number of nitrogens with zero attached hydrogens (tertiary/aromatic N) is 3. The number of nitro benzene ring substituents is 1. The smallest absolute Gasteiger partial charge is 0.276 e. The minimum absolute atomic E-state index is 0.0293. The van der Waals surface area contributed by atoms with Crippen LogP contribution in [0.1, 0.15) is 16.1 Å². The minimum Gasteiger partial charge on any atom is -0.324 e. The number of hydrogen-bond acceptors (Lipinski definition) is 6. The summed E-state index contributed by atoms with van der Waals surface area (Å²) in [6, 6.07) is 14.8. The van der Waals surface area contributed by atoms with E-state index in [1.807, 2.05) is 19.1 Å². The van der Waals surface area contributed by atoms with Crippen molar-refractivity contribution in [3.8, 4) is 0 Å². The lowest BCUT2D eigenvalue weighted by Gasteiger charge is -2.09. The number of nitro groups is 1. The molecule has 30 heavy (non-hydrogen) atoms. The number of hydrogen-bond donors (Lipinski definition) is 2. The zero-order valence-electron chi connectivity index (χ0n) is 15.9. The maximum absolute atomic E-state index is 12.4. The Morgan fingerprint density at radius 2 is 1.57 bits per heavy atom. The normalized spacial score (nSPS) is 10.3. The largest absolute Gasteiger partial charge is 0.324 e. The highest BCUT2D eigenvalue weighted by atomic mass is 16.6. The summed E-state index contributed by atoms with van der Waals surface area (Å²) in [4.78, 5) is 46.7. The topological polar surface area (TPSA) is 136 Å². The van der Waals surface area contributed by atoms with Gasteiger partial charge >= 0.3 is 0 Å². The Morgan fingerprint density at radius 1 is 0.967 bits per heavy atom. The Kier molecular flexibility index (Phi) is 5.97. The fraction of sp³-hybridized carbons (Fsp3) is 0.100. The van der Waals surface area contributed by atoms with Gasteiger partial charge in [-0.3, -0.25) is 24.5 Å². The summed E-state index contributed by atoms with van der Waals surface area (Å²) in [5.41, 5.74) is 1.24. The number of benzene rings is 2. The van der Waals surface area contributed by atoms with Crippen LogP contribution in [0.3, 0.4) is 0 Å². The predicted molar refractivity (Wildman–Crippen MR) is 109 cm³/mol. The first-order valence-corrected chi connectivity index (χ1v) is 8.82. The summed E-state index contributed by atoms with van der Waals surface area (Å²) >= 11 is 0. The average Bonchev–Trinajstić information content (AvgIpc) is 2.71. The number of rotatable bonds is 6. The number of anilines is 2. The molecule has 3 rings (SSSR count). The van der Waals surface area contributed by atoms with Crippen molar-refractivity contribution < 1.29 is 14.5 Å². The molecular formula is C20H17N5O5. The van der Waals surface area contributed by atoms with Crippen LogP contribution in [0.15, 0.2) is 65.5 Å². The van der Waals surface area contributed by atoms with E-state index in [0.29, 0.717) is 11.4 Å². The van der Waals surface area contributed by atoms with E-state index in [-0.39, 0.29) is 11.4 Å². The van der Waals surface area contributed by atoms with Crippen molar-refractivity contribution in [3.63, 3.8) is 0 Å². The van der Waals surface area contributed by atoms with Crippen molar-refractivity contribution in [1.29, 1.82) is 0 Å².